The number of pyridine rings is 1. The number of rotatable bonds is 10. The zero-order valence-corrected chi connectivity index (χ0v) is 17.2. The molecule has 0 N–H and O–H groups in total. The van der Waals surface area contributed by atoms with Crippen LogP contribution in [-0.4, -0.2) is 46.3 Å². The van der Waals surface area contributed by atoms with Crippen molar-refractivity contribution in [2.24, 2.45) is 0 Å². The molecule has 6 nitrogen and oxygen atoms in total. The van der Waals surface area contributed by atoms with E-state index in [1.807, 2.05) is 54.7 Å². The van der Waals surface area contributed by atoms with Crippen molar-refractivity contribution in [2.45, 2.75) is 32.3 Å². The summed E-state index contributed by atoms with van der Waals surface area (Å²) < 4.78 is 11.5. The van der Waals surface area contributed by atoms with Crippen LogP contribution in [0, 0.1) is 0 Å². The van der Waals surface area contributed by atoms with Crippen molar-refractivity contribution in [3.8, 4) is 11.8 Å². The van der Waals surface area contributed by atoms with E-state index in [1.165, 1.54) is 25.9 Å². The van der Waals surface area contributed by atoms with Crippen molar-refractivity contribution >= 4 is 0 Å². The summed E-state index contributed by atoms with van der Waals surface area (Å²) in [6.45, 7) is 4.55. The third kappa shape index (κ3) is 6.26. The lowest BCUT2D eigenvalue weighted by molar-refractivity contribution is 0.232. The summed E-state index contributed by atoms with van der Waals surface area (Å²) in [4.78, 5) is 6.86. The number of likely N-dealkylation sites (tertiary alicyclic amines) is 1. The maximum atomic E-state index is 5.76. The highest BCUT2D eigenvalue weighted by Crippen LogP contribution is 2.13. The lowest BCUT2D eigenvalue weighted by atomic mass is 10.1. The van der Waals surface area contributed by atoms with E-state index in [9.17, 15) is 0 Å². The summed E-state index contributed by atoms with van der Waals surface area (Å²) in [6.07, 6.45) is 6.17. The predicted octanol–water partition coefficient (Wildman–Crippen LogP) is 3.71. The molecule has 0 bridgehead atoms. The van der Waals surface area contributed by atoms with Gasteiger partial charge < -0.3 is 9.47 Å². The molecular formula is C24H28N4O2. The molecule has 1 aliphatic rings. The number of nitrogens with zero attached hydrogens (tertiary/aromatic N) is 4. The number of aromatic nitrogens is 3. The van der Waals surface area contributed by atoms with Crippen molar-refractivity contribution in [3.05, 3.63) is 77.6 Å². The van der Waals surface area contributed by atoms with Crippen molar-refractivity contribution < 1.29 is 9.47 Å². The Labute approximate surface area is 177 Å². The lowest BCUT2D eigenvalue weighted by Crippen LogP contribution is -2.25. The normalized spacial score (nSPS) is 14.0. The van der Waals surface area contributed by atoms with Gasteiger partial charge in [-0.3, -0.25) is 4.90 Å². The molecule has 0 saturated carbocycles. The monoisotopic (exact) mass is 404 g/mol. The van der Waals surface area contributed by atoms with Crippen molar-refractivity contribution in [3.63, 3.8) is 0 Å². The van der Waals surface area contributed by atoms with Gasteiger partial charge in [0, 0.05) is 24.9 Å². The van der Waals surface area contributed by atoms with Crippen LogP contribution in [0.5, 0.6) is 11.8 Å². The highest BCUT2D eigenvalue weighted by atomic mass is 16.5. The highest BCUT2D eigenvalue weighted by Gasteiger charge is 2.11. The first kappa shape index (κ1) is 20.3. The van der Waals surface area contributed by atoms with E-state index in [1.54, 1.807) is 0 Å². The van der Waals surface area contributed by atoms with Gasteiger partial charge in [-0.05, 0) is 56.0 Å². The third-order valence-electron chi connectivity index (χ3n) is 5.25. The van der Waals surface area contributed by atoms with Gasteiger partial charge in [0.2, 0.25) is 11.8 Å². The maximum Gasteiger partial charge on any atom is 0.233 e. The summed E-state index contributed by atoms with van der Waals surface area (Å²) in [7, 11) is 0. The molecule has 0 atom stereocenters. The molecular weight excluding hydrogens is 376 g/mol. The molecule has 3 heterocycles. The Hall–Kier alpha value is -2.99. The van der Waals surface area contributed by atoms with Gasteiger partial charge in [0.05, 0.1) is 5.69 Å². The standard InChI is InChI=1S/C24H28N4O2/c1-2-6-21(7-3-1)19-30-24-13-11-22(26-27-24)10-8-20-9-12-23(25-18-20)29-17-16-28-14-4-5-15-28/h1-3,6-7,9,11-13,18H,4-5,8,10,14-17,19H2. The number of aryl methyl sites for hydroxylation is 2. The Morgan fingerprint density at radius 2 is 1.60 bits per heavy atom. The van der Waals surface area contributed by atoms with Gasteiger partial charge in [0.1, 0.15) is 13.2 Å². The van der Waals surface area contributed by atoms with Crippen LogP contribution in [0.15, 0.2) is 60.8 Å². The Kier molecular flexibility index (Phi) is 7.23. The smallest absolute Gasteiger partial charge is 0.233 e. The summed E-state index contributed by atoms with van der Waals surface area (Å²) in [5, 5.41) is 8.45. The largest absolute Gasteiger partial charge is 0.476 e. The van der Waals surface area contributed by atoms with Crippen LogP contribution in [0.1, 0.15) is 29.7 Å². The average Bonchev–Trinajstić information content (AvgIpc) is 3.32. The van der Waals surface area contributed by atoms with Gasteiger partial charge in [-0.25, -0.2) is 4.98 Å². The second-order valence-corrected chi connectivity index (χ2v) is 7.54. The van der Waals surface area contributed by atoms with E-state index in [0.717, 1.165) is 36.2 Å². The third-order valence-corrected chi connectivity index (χ3v) is 5.25. The predicted molar refractivity (Wildman–Crippen MR) is 116 cm³/mol. The first-order chi connectivity index (χ1) is 14.8. The van der Waals surface area contributed by atoms with Crippen molar-refractivity contribution in [2.75, 3.05) is 26.2 Å². The minimum atomic E-state index is 0.493. The average molecular weight is 405 g/mol. The molecule has 0 unspecified atom stereocenters. The molecule has 2 aromatic heterocycles. The topological polar surface area (TPSA) is 60.4 Å². The van der Waals surface area contributed by atoms with Crippen LogP contribution in [0.25, 0.3) is 0 Å². The molecule has 1 fully saturated rings. The molecule has 0 aliphatic carbocycles. The van der Waals surface area contributed by atoms with Gasteiger partial charge in [0.25, 0.3) is 0 Å². The van der Waals surface area contributed by atoms with Crippen LogP contribution < -0.4 is 9.47 Å². The number of hydrogen-bond donors (Lipinski definition) is 0. The quantitative estimate of drug-likeness (QED) is 0.513. The van der Waals surface area contributed by atoms with Gasteiger partial charge in [-0.2, -0.15) is 5.10 Å². The summed E-state index contributed by atoms with van der Waals surface area (Å²) in [5.74, 6) is 1.23. The van der Waals surface area contributed by atoms with E-state index >= 15 is 0 Å². The van der Waals surface area contributed by atoms with E-state index in [2.05, 4.69) is 26.1 Å². The Bertz CT molecular complexity index is 879. The van der Waals surface area contributed by atoms with Crippen LogP contribution in [-0.2, 0) is 19.4 Å². The molecule has 1 aliphatic heterocycles. The minimum Gasteiger partial charge on any atom is -0.476 e. The van der Waals surface area contributed by atoms with Gasteiger partial charge in [-0.15, -0.1) is 5.10 Å². The highest BCUT2D eigenvalue weighted by molar-refractivity contribution is 5.20. The molecule has 1 saturated heterocycles. The second kappa shape index (κ2) is 10.7. The first-order valence-electron chi connectivity index (χ1n) is 10.6. The fourth-order valence-electron chi connectivity index (χ4n) is 3.49. The number of ether oxygens (including phenoxy) is 2. The zero-order valence-electron chi connectivity index (χ0n) is 17.2. The van der Waals surface area contributed by atoms with Gasteiger partial charge in [0.15, 0.2) is 0 Å². The van der Waals surface area contributed by atoms with Crippen LogP contribution in [0.4, 0.5) is 0 Å². The number of benzene rings is 1. The zero-order chi connectivity index (χ0) is 20.4. The molecule has 0 radical (unpaired) electrons. The van der Waals surface area contributed by atoms with Crippen molar-refractivity contribution in [1.29, 1.82) is 0 Å². The molecule has 0 spiro atoms. The molecule has 3 aromatic rings. The molecule has 30 heavy (non-hydrogen) atoms. The van der Waals surface area contributed by atoms with E-state index in [-0.39, 0.29) is 0 Å². The minimum absolute atomic E-state index is 0.493. The summed E-state index contributed by atoms with van der Waals surface area (Å²) in [6, 6.07) is 17.9. The molecule has 6 heteroatoms. The van der Waals surface area contributed by atoms with E-state index < -0.39 is 0 Å². The SMILES string of the molecule is c1ccc(COc2ccc(CCc3ccc(OCCN4CCCC4)nc3)nn2)cc1. The van der Waals surface area contributed by atoms with Crippen LogP contribution in [0.2, 0.25) is 0 Å². The van der Waals surface area contributed by atoms with Crippen LogP contribution >= 0.6 is 0 Å². The van der Waals surface area contributed by atoms with Gasteiger partial charge in [-0.1, -0.05) is 36.4 Å². The fourth-order valence-corrected chi connectivity index (χ4v) is 3.49. The van der Waals surface area contributed by atoms with E-state index in [4.69, 9.17) is 9.47 Å². The first-order valence-corrected chi connectivity index (χ1v) is 10.6. The lowest BCUT2D eigenvalue weighted by Gasteiger charge is -2.14. The molecule has 1 aromatic carbocycles. The summed E-state index contributed by atoms with van der Waals surface area (Å²) in [5.41, 5.74) is 3.21. The Balaban J connectivity index is 1.18. The van der Waals surface area contributed by atoms with Gasteiger partial charge >= 0.3 is 0 Å². The Morgan fingerprint density at radius 1 is 0.767 bits per heavy atom. The molecule has 156 valence electrons. The Morgan fingerprint density at radius 3 is 2.33 bits per heavy atom. The summed E-state index contributed by atoms with van der Waals surface area (Å²) >= 11 is 0. The number of hydrogen-bond acceptors (Lipinski definition) is 6. The van der Waals surface area contributed by atoms with Crippen molar-refractivity contribution in [1.82, 2.24) is 20.1 Å². The van der Waals surface area contributed by atoms with Crippen LogP contribution in [0.3, 0.4) is 0 Å². The fraction of sp³-hybridized carbons (Fsp3) is 0.375. The van der Waals surface area contributed by atoms with E-state index in [0.29, 0.717) is 25.0 Å². The molecule has 0 amide bonds. The second-order valence-electron chi connectivity index (χ2n) is 7.54. The maximum absolute atomic E-state index is 5.76. The molecule has 4 rings (SSSR count).